The molecule has 24 heavy (non-hydrogen) atoms. The SMILES string of the molecule is O=Cc1nccc2c3ccccc3n(CC(=O)N3CCOCC3)c12. The van der Waals surface area contributed by atoms with Crippen molar-refractivity contribution in [2.75, 3.05) is 26.3 Å². The smallest absolute Gasteiger partial charge is 0.242 e. The number of amides is 1. The Morgan fingerprint density at radius 1 is 1.17 bits per heavy atom. The molecule has 0 N–H and O–H groups in total. The summed E-state index contributed by atoms with van der Waals surface area (Å²) in [5, 5.41) is 1.96. The molecule has 4 rings (SSSR count). The summed E-state index contributed by atoms with van der Waals surface area (Å²) in [6, 6.07) is 9.75. The van der Waals surface area contributed by atoms with E-state index in [1.54, 1.807) is 11.1 Å². The second-order valence-corrected chi connectivity index (χ2v) is 5.81. The number of rotatable bonds is 3. The van der Waals surface area contributed by atoms with E-state index in [2.05, 4.69) is 4.98 Å². The number of morpholine rings is 1. The van der Waals surface area contributed by atoms with Crippen molar-refractivity contribution in [2.45, 2.75) is 6.54 Å². The number of fused-ring (bicyclic) bond motifs is 3. The van der Waals surface area contributed by atoms with Crippen LogP contribution in [0.4, 0.5) is 0 Å². The molecular formula is C18H17N3O3. The average Bonchev–Trinajstić information content (AvgIpc) is 2.97. The Bertz CT molecular complexity index is 926. The van der Waals surface area contributed by atoms with Gasteiger partial charge < -0.3 is 14.2 Å². The van der Waals surface area contributed by atoms with Crippen molar-refractivity contribution in [3.63, 3.8) is 0 Å². The number of pyridine rings is 1. The lowest BCUT2D eigenvalue weighted by atomic mass is 10.2. The maximum Gasteiger partial charge on any atom is 0.242 e. The van der Waals surface area contributed by atoms with E-state index in [9.17, 15) is 9.59 Å². The van der Waals surface area contributed by atoms with Crippen LogP contribution in [0.3, 0.4) is 0 Å². The van der Waals surface area contributed by atoms with Gasteiger partial charge in [-0.2, -0.15) is 0 Å². The number of hydrogen-bond donors (Lipinski definition) is 0. The molecule has 3 aromatic rings. The molecule has 1 amide bonds. The van der Waals surface area contributed by atoms with Crippen molar-refractivity contribution >= 4 is 34.0 Å². The Morgan fingerprint density at radius 3 is 2.75 bits per heavy atom. The number of carbonyl (C=O) groups is 2. The van der Waals surface area contributed by atoms with Crippen LogP contribution in [0.2, 0.25) is 0 Å². The monoisotopic (exact) mass is 323 g/mol. The Morgan fingerprint density at radius 2 is 1.96 bits per heavy atom. The zero-order valence-electron chi connectivity index (χ0n) is 13.1. The third kappa shape index (κ3) is 2.35. The molecule has 0 spiro atoms. The van der Waals surface area contributed by atoms with E-state index in [-0.39, 0.29) is 12.5 Å². The van der Waals surface area contributed by atoms with E-state index in [1.165, 1.54) is 0 Å². The second kappa shape index (κ2) is 6.05. The number of aromatic nitrogens is 2. The molecule has 1 saturated heterocycles. The number of aldehydes is 1. The molecule has 1 fully saturated rings. The molecule has 0 radical (unpaired) electrons. The van der Waals surface area contributed by atoms with Gasteiger partial charge in [0.05, 0.1) is 18.7 Å². The molecule has 3 heterocycles. The molecule has 1 aliphatic heterocycles. The number of para-hydroxylation sites is 1. The molecule has 0 bridgehead atoms. The average molecular weight is 323 g/mol. The van der Waals surface area contributed by atoms with Gasteiger partial charge in [0.1, 0.15) is 12.2 Å². The summed E-state index contributed by atoms with van der Waals surface area (Å²) in [5.74, 6) is 0.0293. The normalized spacial score (nSPS) is 15.1. The van der Waals surface area contributed by atoms with Gasteiger partial charge in [-0.05, 0) is 12.1 Å². The van der Waals surface area contributed by atoms with Crippen LogP contribution in [0.5, 0.6) is 0 Å². The highest BCUT2D eigenvalue weighted by molar-refractivity contribution is 6.12. The number of hydrogen-bond acceptors (Lipinski definition) is 4. The third-order valence-electron chi connectivity index (χ3n) is 4.48. The van der Waals surface area contributed by atoms with E-state index >= 15 is 0 Å². The van der Waals surface area contributed by atoms with E-state index in [4.69, 9.17) is 4.74 Å². The highest BCUT2D eigenvalue weighted by Gasteiger charge is 2.21. The lowest BCUT2D eigenvalue weighted by Gasteiger charge is -2.27. The summed E-state index contributed by atoms with van der Waals surface area (Å²) >= 11 is 0. The van der Waals surface area contributed by atoms with Gasteiger partial charge in [-0.1, -0.05) is 18.2 Å². The molecule has 6 heteroatoms. The van der Waals surface area contributed by atoms with E-state index in [1.807, 2.05) is 34.9 Å². The first-order valence-electron chi connectivity index (χ1n) is 7.96. The molecule has 122 valence electrons. The van der Waals surface area contributed by atoms with Crippen LogP contribution in [0.25, 0.3) is 21.8 Å². The molecule has 2 aromatic heterocycles. The highest BCUT2D eigenvalue weighted by Crippen LogP contribution is 2.29. The molecule has 0 unspecified atom stereocenters. The van der Waals surface area contributed by atoms with Crippen LogP contribution in [0, 0.1) is 0 Å². The maximum atomic E-state index is 12.7. The fourth-order valence-electron chi connectivity index (χ4n) is 3.33. The molecule has 0 saturated carbocycles. The predicted octanol–water partition coefficient (Wildman–Crippen LogP) is 1.86. The van der Waals surface area contributed by atoms with Crippen molar-refractivity contribution in [1.29, 1.82) is 0 Å². The van der Waals surface area contributed by atoms with Crippen molar-refractivity contribution in [3.8, 4) is 0 Å². The highest BCUT2D eigenvalue weighted by atomic mass is 16.5. The van der Waals surface area contributed by atoms with Gasteiger partial charge in [-0.3, -0.25) is 14.6 Å². The summed E-state index contributed by atoms with van der Waals surface area (Å²) in [7, 11) is 0. The third-order valence-corrected chi connectivity index (χ3v) is 4.48. The van der Waals surface area contributed by atoms with Gasteiger partial charge in [0.15, 0.2) is 6.29 Å². The minimum Gasteiger partial charge on any atom is -0.378 e. The lowest BCUT2D eigenvalue weighted by Crippen LogP contribution is -2.42. The van der Waals surface area contributed by atoms with Gasteiger partial charge in [0, 0.05) is 35.6 Å². The second-order valence-electron chi connectivity index (χ2n) is 5.81. The minimum atomic E-state index is 0.0293. The summed E-state index contributed by atoms with van der Waals surface area (Å²) < 4.78 is 7.21. The fraction of sp³-hybridized carbons (Fsp3) is 0.278. The van der Waals surface area contributed by atoms with Crippen molar-refractivity contribution in [1.82, 2.24) is 14.5 Å². The Kier molecular flexibility index (Phi) is 3.74. The van der Waals surface area contributed by atoms with Crippen molar-refractivity contribution < 1.29 is 14.3 Å². The number of benzene rings is 1. The summed E-state index contributed by atoms with van der Waals surface area (Å²) in [6.45, 7) is 2.54. The van der Waals surface area contributed by atoms with Crippen molar-refractivity contribution in [2.24, 2.45) is 0 Å². The van der Waals surface area contributed by atoms with Crippen LogP contribution < -0.4 is 0 Å². The molecule has 0 atom stereocenters. The Balaban J connectivity index is 1.85. The fourth-order valence-corrected chi connectivity index (χ4v) is 3.33. The summed E-state index contributed by atoms with van der Waals surface area (Å²) in [5.41, 5.74) is 2.01. The van der Waals surface area contributed by atoms with E-state index < -0.39 is 0 Å². The topological polar surface area (TPSA) is 64.4 Å². The van der Waals surface area contributed by atoms with E-state index in [0.717, 1.165) is 28.1 Å². The Labute approximate surface area is 138 Å². The van der Waals surface area contributed by atoms with Crippen LogP contribution in [-0.4, -0.2) is 52.9 Å². The van der Waals surface area contributed by atoms with Crippen LogP contribution in [0.15, 0.2) is 36.5 Å². The van der Waals surface area contributed by atoms with Crippen LogP contribution in [0.1, 0.15) is 10.5 Å². The zero-order valence-corrected chi connectivity index (χ0v) is 13.1. The first-order chi connectivity index (χ1) is 11.8. The zero-order chi connectivity index (χ0) is 16.5. The van der Waals surface area contributed by atoms with Gasteiger partial charge >= 0.3 is 0 Å². The molecule has 6 nitrogen and oxygen atoms in total. The lowest BCUT2D eigenvalue weighted by molar-refractivity contribution is -0.135. The summed E-state index contributed by atoms with van der Waals surface area (Å²) in [6.07, 6.45) is 2.38. The minimum absolute atomic E-state index is 0.0293. The van der Waals surface area contributed by atoms with Gasteiger partial charge in [0.25, 0.3) is 0 Å². The van der Waals surface area contributed by atoms with Crippen LogP contribution in [-0.2, 0) is 16.1 Å². The maximum absolute atomic E-state index is 12.7. The Hall–Kier alpha value is -2.73. The quantitative estimate of drug-likeness (QED) is 0.690. The largest absolute Gasteiger partial charge is 0.378 e. The first-order valence-corrected chi connectivity index (χ1v) is 7.96. The molecule has 1 aliphatic rings. The predicted molar refractivity (Wildman–Crippen MR) is 90.0 cm³/mol. The van der Waals surface area contributed by atoms with Gasteiger partial charge in [0.2, 0.25) is 5.91 Å². The number of nitrogens with zero attached hydrogens (tertiary/aromatic N) is 3. The summed E-state index contributed by atoms with van der Waals surface area (Å²) in [4.78, 5) is 30.1. The molecule has 1 aromatic carbocycles. The first kappa shape index (κ1) is 14.8. The number of ether oxygens (including phenoxy) is 1. The number of carbonyl (C=O) groups excluding carboxylic acids is 2. The van der Waals surface area contributed by atoms with Crippen LogP contribution >= 0.6 is 0 Å². The standard InChI is InChI=1S/C18H17N3O3/c22-12-15-18-14(5-6-19-15)13-3-1-2-4-16(13)21(18)11-17(23)20-7-9-24-10-8-20/h1-6,12H,7-11H2. The van der Waals surface area contributed by atoms with E-state index in [0.29, 0.717) is 32.0 Å². The molecule has 0 aliphatic carbocycles. The molecular weight excluding hydrogens is 306 g/mol. The van der Waals surface area contributed by atoms with Gasteiger partial charge in [-0.15, -0.1) is 0 Å². The van der Waals surface area contributed by atoms with Crippen molar-refractivity contribution in [3.05, 3.63) is 42.2 Å². The van der Waals surface area contributed by atoms with Gasteiger partial charge in [-0.25, -0.2) is 0 Å².